The fourth-order valence-electron chi connectivity index (χ4n) is 0.571. The van der Waals surface area contributed by atoms with Crippen LogP contribution in [0.2, 0.25) is 0 Å². The molecule has 0 atom stereocenters. The molecule has 1 radical (unpaired) electrons. The molecule has 0 saturated carbocycles. The molecule has 2 nitrogen and oxygen atoms in total. The maximum Gasteiger partial charge on any atom is 0.219 e. The standard InChI is InChI=1S/C7H14NO/c1-3-5-6-7(9)8-4-2/h1,3-6H2,2H3,(H,8,9). The zero-order valence-corrected chi connectivity index (χ0v) is 5.94. The molecule has 0 aliphatic rings. The van der Waals surface area contributed by atoms with Crippen LogP contribution in [0.1, 0.15) is 26.2 Å². The molecule has 1 amide bonds. The van der Waals surface area contributed by atoms with Crippen molar-refractivity contribution in [3.63, 3.8) is 0 Å². The summed E-state index contributed by atoms with van der Waals surface area (Å²) in [6, 6.07) is 0. The van der Waals surface area contributed by atoms with Gasteiger partial charge in [0.1, 0.15) is 0 Å². The topological polar surface area (TPSA) is 29.1 Å². The normalized spacial score (nSPS) is 9.11. The van der Waals surface area contributed by atoms with E-state index in [-0.39, 0.29) is 5.91 Å². The van der Waals surface area contributed by atoms with Gasteiger partial charge in [0.05, 0.1) is 0 Å². The zero-order valence-electron chi connectivity index (χ0n) is 5.94. The highest BCUT2D eigenvalue weighted by Gasteiger charge is 1.94. The van der Waals surface area contributed by atoms with E-state index in [2.05, 4.69) is 12.2 Å². The lowest BCUT2D eigenvalue weighted by molar-refractivity contribution is -0.121. The smallest absolute Gasteiger partial charge is 0.219 e. The summed E-state index contributed by atoms with van der Waals surface area (Å²) >= 11 is 0. The van der Waals surface area contributed by atoms with Crippen molar-refractivity contribution in [1.82, 2.24) is 5.32 Å². The van der Waals surface area contributed by atoms with Crippen LogP contribution in [0.4, 0.5) is 0 Å². The fraction of sp³-hybridized carbons (Fsp3) is 0.714. The third-order valence-electron chi connectivity index (χ3n) is 1.03. The summed E-state index contributed by atoms with van der Waals surface area (Å²) in [4.78, 5) is 10.7. The Kier molecular flexibility index (Phi) is 5.27. The fourth-order valence-corrected chi connectivity index (χ4v) is 0.571. The van der Waals surface area contributed by atoms with Crippen molar-refractivity contribution >= 4 is 5.91 Å². The van der Waals surface area contributed by atoms with E-state index < -0.39 is 0 Å². The third-order valence-corrected chi connectivity index (χ3v) is 1.03. The van der Waals surface area contributed by atoms with E-state index in [0.29, 0.717) is 6.42 Å². The summed E-state index contributed by atoms with van der Waals surface area (Å²) in [6.45, 7) is 6.29. The van der Waals surface area contributed by atoms with Gasteiger partial charge in [0.2, 0.25) is 5.91 Å². The summed E-state index contributed by atoms with van der Waals surface area (Å²) in [7, 11) is 0. The highest BCUT2D eigenvalue weighted by Crippen LogP contribution is 1.91. The van der Waals surface area contributed by atoms with Gasteiger partial charge in [0.15, 0.2) is 0 Å². The van der Waals surface area contributed by atoms with Gasteiger partial charge in [0, 0.05) is 13.0 Å². The van der Waals surface area contributed by atoms with Gasteiger partial charge in [0.25, 0.3) is 0 Å². The number of amides is 1. The summed E-state index contributed by atoms with van der Waals surface area (Å²) in [5.74, 6) is 0.140. The van der Waals surface area contributed by atoms with Crippen molar-refractivity contribution in [1.29, 1.82) is 0 Å². The molecule has 53 valence electrons. The van der Waals surface area contributed by atoms with Crippen molar-refractivity contribution < 1.29 is 4.79 Å². The number of hydrogen-bond acceptors (Lipinski definition) is 1. The van der Waals surface area contributed by atoms with Gasteiger partial charge in [-0.05, 0) is 13.3 Å². The molecule has 0 aliphatic carbocycles. The Morgan fingerprint density at radius 1 is 1.67 bits per heavy atom. The lowest BCUT2D eigenvalue weighted by Gasteiger charge is -1.98. The molecule has 0 aromatic heterocycles. The number of hydrogen-bond donors (Lipinski definition) is 1. The van der Waals surface area contributed by atoms with E-state index in [4.69, 9.17) is 0 Å². The minimum atomic E-state index is 0.140. The minimum absolute atomic E-state index is 0.140. The van der Waals surface area contributed by atoms with E-state index in [1.54, 1.807) is 0 Å². The largest absolute Gasteiger partial charge is 0.356 e. The molecule has 1 N–H and O–H groups in total. The molecule has 0 heterocycles. The summed E-state index contributed by atoms with van der Waals surface area (Å²) in [6.07, 6.45) is 2.36. The van der Waals surface area contributed by atoms with Crippen LogP contribution in [0.15, 0.2) is 0 Å². The van der Waals surface area contributed by atoms with Gasteiger partial charge in [-0.3, -0.25) is 4.79 Å². The van der Waals surface area contributed by atoms with Crippen molar-refractivity contribution in [3.05, 3.63) is 6.92 Å². The average Bonchev–Trinajstić information content (AvgIpc) is 1.85. The average molecular weight is 128 g/mol. The van der Waals surface area contributed by atoms with E-state index in [1.807, 2.05) is 6.92 Å². The van der Waals surface area contributed by atoms with Gasteiger partial charge in [-0.2, -0.15) is 0 Å². The molecule has 0 spiro atoms. The monoisotopic (exact) mass is 128 g/mol. The molecule has 9 heavy (non-hydrogen) atoms. The Morgan fingerprint density at radius 3 is 2.78 bits per heavy atom. The predicted octanol–water partition coefficient (Wildman–Crippen LogP) is 1.13. The second kappa shape index (κ2) is 5.60. The number of carbonyl (C=O) groups excluding carboxylic acids is 1. The molecule has 0 saturated heterocycles. The maximum absolute atomic E-state index is 10.7. The Morgan fingerprint density at radius 2 is 2.33 bits per heavy atom. The van der Waals surface area contributed by atoms with E-state index >= 15 is 0 Å². The lowest BCUT2D eigenvalue weighted by atomic mass is 10.2. The van der Waals surface area contributed by atoms with Gasteiger partial charge in [-0.1, -0.05) is 13.3 Å². The van der Waals surface area contributed by atoms with E-state index in [1.165, 1.54) is 0 Å². The minimum Gasteiger partial charge on any atom is -0.356 e. The molecule has 0 aromatic carbocycles. The first kappa shape index (κ1) is 8.47. The first-order valence-electron chi connectivity index (χ1n) is 3.37. The molecule has 0 unspecified atom stereocenters. The first-order valence-corrected chi connectivity index (χ1v) is 3.37. The van der Waals surface area contributed by atoms with Crippen LogP contribution < -0.4 is 5.32 Å². The highest BCUT2D eigenvalue weighted by atomic mass is 16.1. The van der Waals surface area contributed by atoms with Crippen molar-refractivity contribution in [3.8, 4) is 0 Å². The number of unbranched alkanes of at least 4 members (excludes halogenated alkanes) is 1. The lowest BCUT2D eigenvalue weighted by Crippen LogP contribution is -2.21. The second-order valence-corrected chi connectivity index (χ2v) is 1.91. The van der Waals surface area contributed by atoms with Crippen LogP contribution >= 0.6 is 0 Å². The molecular formula is C7H14NO. The molecule has 0 aromatic rings. The van der Waals surface area contributed by atoms with Crippen molar-refractivity contribution in [2.75, 3.05) is 6.54 Å². The van der Waals surface area contributed by atoms with Crippen LogP contribution in [-0.2, 0) is 4.79 Å². The van der Waals surface area contributed by atoms with E-state index in [9.17, 15) is 4.79 Å². The third kappa shape index (κ3) is 5.34. The Labute approximate surface area is 56.6 Å². The first-order chi connectivity index (χ1) is 4.31. The Bertz CT molecular complexity index is 81.0. The van der Waals surface area contributed by atoms with Crippen LogP contribution in [0.25, 0.3) is 0 Å². The Hall–Kier alpha value is -0.530. The summed E-state index contributed by atoms with van der Waals surface area (Å²) in [5.41, 5.74) is 0. The number of rotatable bonds is 4. The predicted molar refractivity (Wildman–Crippen MR) is 37.9 cm³/mol. The zero-order chi connectivity index (χ0) is 7.11. The molecule has 0 aliphatic heterocycles. The maximum atomic E-state index is 10.7. The van der Waals surface area contributed by atoms with Crippen molar-refractivity contribution in [2.24, 2.45) is 0 Å². The van der Waals surface area contributed by atoms with Gasteiger partial charge >= 0.3 is 0 Å². The summed E-state index contributed by atoms with van der Waals surface area (Å²) in [5, 5.41) is 2.71. The molecule has 0 rings (SSSR count). The molecule has 2 heteroatoms. The van der Waals surface area contributed by atoms with E-state index in [0.717, 1.165) is 19.4 Å². The van der Waals surface area contributed by atoms with Crippen LogP contribution in [0, 0.1) is 6.92 Å². The summed E-state index contributed by atoms with van der Waals surface area (Å²) < 4.78 is 0. The number of carbonyl (C=O) groups is 1. The number of nitrogens with one attached hydrogen (secondary N) is 1. The molecule has 0 fully saturated rings. The van der Waals surface area contributed by atoms with Crippen LogP contribution in [0.5, 0.6) is 0 Å². The van der Waals surface area contributed by atoms with Crippen molar-refractivity contribution in [2.45, 2.75) is 26.2 Å². The Balaban J connectivity index is 3.06. The quantitative estimate of drug-likeness (QED) is 0.604. The van der Waals surface area contributed by atoms with Crippen LogP contribution in [0.3, 0.4) is 0 Å². The molecular weight excluding hydrogens is 114 g/mol. The van der Waals surface area contributed by atoms with Gasteiger partial charge < -0.3 is 5.32 Å². The molecule has 0 bridgehead atoms. The van der Waals surface area contributed by atoms with Crippen LogP contribution in [-0.4, -0.2) is 12.5 Å². The van der Waals surface area contributed by atoms with Gasteiger partial charge in [-0.15, -0.1) is 0 Å². The highest BCUT2D eigenvalue weighted by molar-refractivity contribution is 5.75. The van der Waals surface area contributed by atoms with Gasteiger partial charge in [-0.25, -0.2) is 0 Å². The second-order valence-electron chi connectivity index (χ2n) is 1.91. The SMILES string of the molecule is [CH2]CCCC(=O)NCC.